The molecule has 0 spiro atoms. The third-order valence-corrected chi connectivity index (χ3v) is 4.76. The summed E-state index contributed by atoms with van der Waals surface area (Å²) in [5.41, 5.74) is 1.66. The van der Waals surface area contributed by atoms with Gasteiger partial charge in [0, 0.05) is 23.9 Å². The lowest BCUT2D eigenvalue weighted by molar-refractivity contribution is -0.143. The molecular formula is C19H23N3O5S. The van der Waals surface area contributed by atoms with Gasteiger partial charge < -0.3 is 15.5 Å². The van der Waals surface area contributed by atoms with Crippen LogP contribution in [0.3, 0.4) is 0 Å². The Morgan fingerprint density at radius 2 is 1.86 bits per heavy atom. The summed E-state index contributed by atoms with van der Waals surface area (Å²) in [6.07, 6.45) is -1.34. The van der Waals surface area contributed by atoms with Gasteiger partial charge in [-0.15, -0.1) is 11.3 Å². The Labute approximate surface area is 166 Å². The Morgan fingerprint density at radius 3 is 2.43 bits per heavy atom. The van der Waals surface area contributed by atoms with Gasteiger partial charge in [0.2, 0.25) is 5.91 Å². The maximum absolute atomic E-state index is 12.2. The van der Waals surface area contributed by atoms with E-state index in [9.17, 15) is 24.6 Å². The lowest BCUT2D eigenvalue weighted by Gasteiger charge is -2.27. The fraction of sp³-hybridized carbons (Fsp3) is 0.368. The van der Waals surface area contributed by atoms with Crippen molar-refractivity contribution >= 4 is 34.4 Å². The molecule has 2 rings (SSSR count). The van der Waals surface area contributed by atoms with Crippen molar-refractivity contribution < 1.29 is 24.6 Å². The normalized spacial score (nSPS) is 11.8. The molecule has 0 bridgehead atoms. The zero-order valence-corrected chi connectivity index (χ0v) is 16.5. The summed E-state index contributed by atoms with van der Waals surface area (Å²) >= 11 is 1.27. The number of benzene rings is 1. The van der Waals surface area contributed by atoms with Gasteiger partial charge in [-0.2, -0.15) is 0 Å². The largest absolute Gasteiger partial charge is 0.480 e. The van der Waals surface area contributed by atoms with Crippen LogP contribution >= 0.6 is 11.3 Å². The fourth-order valence-corrected chi connectivity index (χ4v) is 3.40. The van der Waals surface area contributed by atoms with Crippen molar-refractivity contribution in [1.82, 2.24) is 9.88 Å². The summed E-state index contributed by atoms with van der Waals surface area (Å²) in [5, 5.41) is 23.6. The van der Waals surface area contributed by atoms with Gasteiger partial charge in [-0.1, -0.05) is 44.2 Å². The van der Waals surface area contributed by atoms with Crippen molar-refractivity contribution in [2.45, 2.75) is 32.7 Å². The minimum Gasteiger partial charge on any atom is -0.480 e. The van der Waals surface area contributed by atoms with Crippen molar-refractivity contribution in [3.63, 3.8) is 0 Å². The van der Waals surface area contributed by atoms with Crippen LogP contribution in [-0.4, -0.2) is 50.7 Å². The van der Waals surface area contributed by atoms with Crippen LogP contribution in [0.4, 0.5) is 9.93 Å². The number of hydrogen-bond acceptors (Lipinski definition) is 5. The number of carboxylic acid groups (broad SMARTS) is 2. The molecule has 0 aliphatic carbocycles. The lowest BCUT2D eigenvalue weighted by Crippen LogP contribution is -2.46. The molecule has 2 aromatic rings. The highest BCUT2D eigenvalue weighted by molar-refractivity contribution is 7.14. The molecule has 1 atom stereocenters. The number of carbonyl (C=O) groups excluding carboxylic acids is 1. The summed E-state index contributed by atoms with van der Waals surface area (Å²) in [5.74, 6) is -1.64. The number of aliphatic carboxylic acids is 1. The van der Waals surface area contributed by atoms with Gasteiger partial charge in [0.05, 0.1) is 5.69 Å². The van der Waals surface area contributed by atoms with E-state index < -0.39 is 24.0 Å². The van der Waals surface area contributed by atoms with E-state index in [1.54, 1.807) is 0 Å². The highest BCUT2D eigenvalue weighted by atomic mass is 32.1. The molecule has 0 aliphatic heterocycles. The minimum absolute atomic E-state index is 0.00324. The van der Waals surface area contributed by atoms with E-state index in [-0.39, 0.29) is 25.3 Å². The zero-order chi connectivity index (χ0) is 20.7. The lowest BCUT2D eigenvalue weighted by atomic mass is 10.0. The van der Waals surface area contributed by atoms with E-state index in [1.807, 2.05) is 49.6 Å². The summed E-state index contributed by atoms with van der Waals surface area (Å²) in [4.78, 5) is 40.3. The second-order valence-electron chi connectivity index (χ2n) is 6.66. The van der Waals surface area contributed by atoms with Gasteiger partial charge in [-0.3, -0.25) is 9.69 Å². The first-order valence-corrected chi connectivity index (χ1v) is 9.69. The number of thiazole rings is 1. The molecule has 2 amide bonds. The summed E-state index contributed by atoms with van der Waals surface area (Å²) < 4.78 is 0. The van der Waals surface area contributed by atoms with Crippen LogP contribution < -0.4 is 5.32 Å². The number of carboxylic acids is 1. The Morgan fingerprint density at radius 1 is 1.18 bits per heavy atom. The first-order valence-electron chi connectivity index (χ1n) is 8.81. The van der Waals surface area contributed by atoms with Crippen molar-refractivity contribution in [2.24, 2.45) is 5.92 Å². The van der Waals surface area contributed by atoms with Gasteiger partial charge in [0.25, 0.3) is 0 Å². The topological polar surface area (TPSA) is 120 Å². The number of nitrogens with zero attached hydrogens (tertiary/aromatic N) is 2. The SMILES string of the molecule is CC(C)C[C@@H](C(=O)O)N(CCC(=O)Nc1nc(-c2ccccc2)cs1)C(=O)O. The van der Waals surface area contributed by atoms with Gasteiger partial charge in [-0.05, 0) is 12.3 Å². The number of aromatic nitrogens is 1. The van der Waals surface area contributed by atoms with Crippen LogP contribution in [0.5, 0.6) is 0 Å². The molecule has 0 radical (unpaired) electrons. The third-order valence-electron chi connectivity index (χ3n) is 4.00. The van der Waals surface area contributed by atoms with Crippen LogP contribution in [0.2, 0.25) is 0 Å². The highest BCUT2D eigenvalue weighted by Gasteiger charge is 2.30. The number of anilines is 1. The van der Waals surface area contributed by atoms with Crippen molar-refractivity contribution in [3.05, 3.63) is 35.7 Å². The molecule has 0 aliphatic rings. The highest BCUT2D eigenvalue weighted by Crippen LogP contribution is 2.24. The van der Waals surface area contributed by atoms with E-state index in [4.69, 9.17) is 0 Å². The minimum atomic E-state index is -1.36. The van der Waals surface area contributed by atoms with Gasteiger partial charge in [-0.25, -0.2) is 14.6 Å². The average Bonchev–Trinajstić information content (AvgIpc) is 3.09. The average molecular weight is 405 g/mol. The smallest absolute Gasteiger partial charge is 0.408 e. The molecular weight excluding hydrogens is 382 g/mol. The third kappa shape index (κ3) is 6.05. The van der Waals surface area contributed by atoms with Crippen LogP contribution in [0, 0.1) is 5.92 Å². The fourth-order valence-electron chi connectivity index (χ4n) is 2.67. The second kappa shape index (κ2) is 9.84. The Kier molecular flexibility index (Phi) is 7.51. The number of rotatable bonds is 9. The molecule has 3 N–H and O–H groups in total. The van der Waals surface area contributed by atoms with Gasteiger partial charge in [0.1, 0.15) is 6.04 Å². The Hall–Kier alpha value is -2.94. The number of carbonyl (C=O) groups is 3. The molecule has 8 nitrogen and oxygen atoms in total. The molecule has 150 valence electrons. The van der Waals surface area contributed by atoms with E-state index in [1.165, 1.54) is 11.3 Å². The number of amides is 2. The van der Waals surface area contributed by atoms with Crippen LogP contribution in [0.1, 0.15) is 26.7 Å². The number of nitrogens with one attached hydrogen (secondary N) is 1. The second-order valence-corrected chi connectivity index (χ2v) is 7.52. The van der Waals surface area contributed by atoms with E-state index >= 15 is 0 Å². The first-order chi connectivity index (χ1) is 13.3. The molecule has 1 heterocycles. The monoisotopic (exact) mass is 405 g/mol. The van der Waals surface area contributed by atoms with E-state index in [2.05, 4.69) is 10.3 Å². The molecule has 1 aromatic heterocycles. The molecule has 0 unspecified atom stereocenters. The van der Waals surface area contributed by atoms with Crippen molar-refractivity contribution in [3.8, 4) is 11.3 Å². The molecule has 1 aromatic carbocycles. The van der Waals surface area contributed by atoms with Gasteiger partial charge >= 0.3 is 12.1 Å². The summed E-state index contributed by atoms with van der Waals surface area (Å²) in [7, 11) is 0. The van der Waals surface area contributed by atoms with Crippen molar-refractivity contribution in [1.29, 1.82) is 0 Å². The quantitative estimate of drug-likeness (QED) is 0.586. The maximum Gasteiger partial charge on any atom is 0.408 e. The molecule has 0 saturated heterocycles. The van der Waals surface area contributed by atoms with E-state index in [0.29, 0.717) is 5.13 Å². The Bertz CT molecular complexity index is 822. The van der Waals surface area contributed by atoms with Crippen LogP contribution in [0.15, 0.2) is 35.7 Å². The predicted octanol–water partition coefficient (Wildman–Crippen LogP) is 3.62. The van der Waals surface area contributed by atoms with E-state index in [0.717, 1.165) is 16.2 Å². The molecule has 28 heavy (non-hydrogen) atoms. The number of hydrogen-bond donors (Lipinski definition) is 3. The Balaban J connectivity index is 1.97. The molecule has 9 heteroatoms. The predicted molar refractivity (Wildman–Crippen MR) is 106 cm³/mol. The standard InChI is InChI=1S/C19H23N3O5S/c1-12(2)10-15(17(24)25)22(19(26)27)9-8-16(23)21-18-20-14(11-28-18)13-6-4-3-5-7-13/h3-7,11-12,15H,8-10H2,1-2H3,(H,24,25)(H,26,27)(H,20,21,23)/t15-/m0/s1. The van der Waals surface area contributed by atoms with Gasteiger partial charge in [0.15, 0.2) is 5.13 Å². The summed E-state index contributed by atoms with van der Waals surface area (Å²) in [6, 6.07) is 8.32. The van der Waals surface area contributed by atoms with Crippen LogP contribution in [-0.2, 0) is 9.59 Å². The van der Waals surface area contributed by atoms with Crippen molar-refractivity contribution in [2.75, 3.05) is 11.9 Å². The maximum atomic E-state index is 12.2. The summed E-state index contributed by atoms with van der Waals surface area (Å²) in [6.45, 7) is 3.42. The molecule has 0 saturated carbocycles. The first kappa shape index (κ1) is 21.4. The zero-order valence-electron chi connectivity index (χ0n) is 15.7. The molecule has 0 fully saturated rings. The van der Waals surface area contributed by atoms with Crippen LogP contribution in [0.25, 0.3) is 11.3 Å².